The molecule has 92 valence electrons. The number of hydrogen-bond donors (Lipinski definition) is 2. The van der Waals surface area contributed by atoms with Gasteiger partial charge in [-0.1, -0.05) is 5.92 Å². The quantitative estimate of drug-likeness (QED) is 0.309. The predicted octanol–water partition coefficient (Wildman–Crippen LogP) is -0.712. The molecule has 16 heavy (non-hydrogen) atoms. The van der Waals surface area contributed by atoms with Gasteiger partial charge in [-0.3, -0.25) is 4.79 Å². The van der Waals surface area contributed by atoms with Gasteiger partial charge in [0.05, 0.1) is 19.3 Å². The van der Waals surface area contributed by atoms with Crippen LogP contribution >= 0.6 is 0 Å². The third kappa shape index (κ3) is 9.62. The van der Waals surface area contributed by atoms with Gasteiger partial charge in [0.2, 0.25) is 5.78 Å². The standard InChI is InChI=1S/C11H20N2O3/c1-2-4-11(14)9-16-8-10(13)7-15-6-3-5-12/h10H,3,5-9,12-13H2,1H3. The summed E-state index contributed by atoms with van der Waals surface area (Å²) < 4.78 is 10.3. The lowest BCUT2D eigenvalue weighted by atomic mass is 10.3. The van der Waals surface area contributed by atoms with E-state index in [4.69, 9.17) is 20.9 Å². The Bertz CT molecular complexity index is 245. The number of nitrogens with two attached hydrogens (primary N) is 2. The Morgan fingerprint density at radius 3 is 2.69 bits per heavy atom. The topological polar surface area (TPSA) is 87.6 Å². The van der Waals surface area contributed by atoms with E-state index >= 15 is 0 Å². The van der Waals surface area contributed by atoms with Crippen LogP contribution in [0.1, 0.15) is 13.3 Å². The summed E-state index contributed by atoms with van der Waals surface area (Å²) in [6.07, 6.45) is 0.818. The molecule has 1 atom stereocenters. The molecule has 0 aromatic heterocycles. The average molecular weight is 228 g/mol. The smallest absolute Gasteiger partial charge is 0.231 e. The van der Waals surface area contributed by atoms with Crippen LogP contribution < -0.4 is 11.5 Å². The van der Waals surface area contributed by atoms with Crippen LogP contribution in [-0.2, 0) is 14.3 Å². The molecule has 0 spiro atoms. The van der Waals surface area contributed by atoms with E-state index in [1.54, 1.807) is 6.92 Å². The third-order valence-electron chi connectivity index (χ3n) is 1.65. The van der Waals surface area contributed by atoms with Crippen LogP contribution in [-0.4, -0.2) is 44.8 Å². The molecular weight excluding hydrogens is 208 g/mol. The number of hydrogen-bond acceptors (Lipinski definition) is 5. The van der Waals surface area contributed by atoms with Gasteiger partial charge in [0.1, 0.15) is 6.61 Å². The summed E-state index contributed by atoms with van der Waals surface area (Å²) in [5.74, 6) is 4.65. The predicted molar refractivity (Wildman–Crippen MR) is 61.7 cm³/mol. The second kappa shape index (κ2) is 10.6. The fourth-order valence-corrected chi connectivity index (χ4v) is 0.947. The van der Waals surface area contributed by atoms with E-state index in [1.807, 2.05) is 0 Å². The molecule has 0 bridgehead atoms. The van der Waals surface area contributed by atoms with Crippen LogP contribution in [0.2, 0.25) is 0 Å². The fraction of sp³-hybridized carbons (Fsp3) is 0.727. The summed E-state index contributed by atoms with van der Waals surface area (Å²) in [6, 6.07) is -0.222. The number of ether oxygens (including phenoxy) is 2. The summed E-state index contributed by atoms with van der Waals surface area (Å²) in [5.41, 5.74) is 11.0. The van der Waals surface area contributed by atoms with E-state index in [2.05, 4.69) is 11.8 Å². The molecule has 0 amide bonds. The van der Waals surface area contributed by atoms with Gasteiger partial charge in [-0.05, 0) is 25.8 Å². The SMILES string of the molecule is CC#CC(=O)COCC(N)COCCCN. The number of carbonyl (C=O) groups excluding carboxylic acids is 1. The average Bonchev–Trinajstić information content (AvgIpc) is 2.25. The zero-order valence-electron chi connectivity index (χ0n) is 9.70. The molecule has 1 unspecified atom stereocenters. The summed E-state index contributed by atoms with van der Waals surface area (Å²) in [5, 5.41) is 0. The molecule has 0 aliphatic rings. The molecule has 0 rings (SSSR count). The van der Waals surface area contributed by atoms with Crippen molar-refractivity contribution in [3.63, 3.8) is 0 Å². The van der Waals surface area contributed by atoms with Gasteiger partial charge in [-0.15, -0.1) is 0 Å². The maximum atomic E-state index is 10.9. The Morgan fingerprint density at radius 1 is 1.38 bits per heavy atom. The van der Waals surface area contributed by atoms with Gasteiger partial charge in [-0.2, -0.15) is 0 Å². The maximum absolute atomic E-state index is 10.9. The van der Waals surface area contributed by atoms with E-state index in [-0.39, 0.29) is 18.4 Å². The first-order valence-electron chi connectivity index (χ1n) is 5.27. The molecule has 5 nitrogen and oxygen atoms in total. The lowest BCUT2D eigenvalue weighted by Gasteiger charge is -2.11. The van der Waals surface area contributed by atoms with E-state index in [0.29, 0.717) is 26.4 Å². The lowest BCUT2D eigenvalue weighted by Crippen LogP contribution is -2.32. The Kier molecular flexibility index (Phi) is 9.97. The second-order valence-electron chi connectivity index (χ2n) is 3.29. The normalized spacial score (nSPS) is 11.7. The minimum absolute atomic E-state index is 0.0165. The molecule has 0 radical (unpaired) electrons. The van der Waals surface area contributed by atoms with Gasteiger partial charge in [0.15, 0.2) is 0 Å². The van der Waals surface area contributed by atoms with Gasteiger partial charge in [-0.25, -0.2) is 0 Å². The minimum Gasteiger partial charge on any atom is -0.380 e. The Balaban J connectivity index is 3.38. The summed E-state index contributed by atoms with van der Waals surface area (Å²) in [4.78, 5) is 10.9. The Hall–Kier alpha value is -0.930. The monoisotopic (exact) mass is 228 g/mol. The maximum Gasteiger partial charge on any atom is 0.231 e. The molecule has 0 aromatic carbocycles. The molecule has 0 aliphatic heterocycles. The molecule has 5 heteroatoms. The highest BCUT2D eigenvalue weighted by atomic mass is 16.5. The highest BCUT2D eigenvalue weighted by Gasteiger charge is 2.04. The molecule has 0 aromatic rings. The van der Waals surface area contributed by atoms with E-state index < -0.39 is 0 Å². The third-order valence-corrected chi connectivity index (χ3v) is 1.65. The molecule has 0 saturated heterocycles. The van der Waals surface area contributed by atoms with Crippen LogP contribution in [0.4, 0.5) is 0 Å². The van der Waals surface area contributed by atoms with Gasteiger partial charge >= 0.3 is 0 Å². The van der Waals surface area contributed by atoms with Crippen LogP contribution in [0.15, 0.2) is 0 Å². The first kappa shape index (κ1) is 15.1. The Labute approximate surface area is 96.5 Å². The second-order valence-corrected chi connectivity index (χ2v) is 3.29. The van der Waals surface area contributed by atoms with Crippen molar-refractivity contribution in [3.8, 4) is 11.8 Å². The van der Waals surface area contributed by atoms with E-state index in [9.17, 15) is 4.79 Å². The summed E-state index contributed by atoms with van der Waals surface area (Å²) in [7, 11) is 0. The van der Waals surface area contributed by atoms with Crippen molar-refractivity contribution in [2.24, 2.45) is 11.5 Å². The number of Topliss-reactive ketones (excluding diaryl/α,β-unsaturated/α-hetero) is 1. The largest absolute Gasteiger partial charge is 0.380 e. The van der Waals surface area contributed by atoms with Crippen molar-refractivity contribution in [1.82, 2.24) is 0 Å². The van der Waals surface area contributed by atoms with E-state index in [1.165, 1.54) is 0 Å². The van der Waals surface area contributed by atoms with Crippen molar-refractivity contribution in [2.75, 3.05) is 33.0 Å². The van der Waals surface area contributed by atoms with Gasteiger partial charge in [0.25, 0.3) is 0 Å². The van der Waals surface area contributed by atoms with Crippen molar-refractivity contribution < 1.29 is 14.3 Å². The van der Waals surface area contributed by atoms with Crippen molar-refractivity contribution in [2.45, 2.75) is 19.4 Å². The fourth-order valence-electron chi connectivity index (χ4n) is 0.947. The van der Waals surface area contributed by atoms with Crippen LogP contribution in [0.5, 0.6) is 0 Å². The molecule has 0 saturated carbocycles. The van der Waals surface area contributed by atoms with Gasteiger partial charge in [0, 0.05) is 6.61 Å². The number of rotatable bonds is 9. The lowest BCUT2D eigenvalue weighted by molar-refractivity contribution is -0.118. The van der Waals surface area contributed by atoms with Crippen molar-refractivity contribution in [3.05, 3.63) is 0 Å². The summed E-state index contributed by atoms with van der Waals surface area (Å²) in [6.45, 7) is 3.50. The first-order chi connectivity index (χ1) is 7.70. The van der Waals surface area contributed by atoms with Crippen LogP contribution in [0, 0.1) is 11.8 Å². The molecule has 0 fully saturated rings. The Morgan fingerprint density at radius 2 is 2.06 bits per heavy atom. The zero-order chi connectivity index (χ0) is 12.2. The molecule has 0 heterocycles. The van der Waals surface area contributed by atoms with Crippen LogP contribution in [0.3, 0.4) is 0 Å². The highest BCUT2D eigenvalue weighted by Crippen LogP contribution is 1.87. The minimum atomic E-state index is -0.237. The first-order valence-corrected chi connectivity index (χ1v) is 5.27. The van der Waals surface area contributed by atoms with E-state index in [0.717, 1.165) is 6.42 Å². The molecular formula is C11H20N2O3. The zero-order valence-corrected chi connectivity index (χ0v) is 9.70. The number of ketones is 1. The van der Waals surface area contributed by atoms with Crippen molar-refractivity contribution >= 4 is 5.78 Å². The van der Waals surface area contributed by atoms with Gasteiger partial charge < -0.3 is 20.9 Å². The number of carbonyl (C=O) groups is 1. The molecule has 0 aliphatic carbocycles. The molecule has 4 N–H and O–H groups in total. The van der Waals surface area contributed by atoms with Crippen LogP contribution in [0.25, 0.3) is 0 Å². The highest BCUT2D eigenvalue weighted by molar-refractivity contribution is 5.96. The van der Waals surface area contributed by atoms with Crippen molar-refractivity contribution in [1.29, 1.82) is 0 Å². The summed E-state index contributed by atoms with van der Waals surface area (Å²) >= 11 is 0.